The van der Waals surface area contributed by atoms with Gasteiger partial charge >= 0.3 is 0 Å². The maximum Gasteiger partial charge on any atom is 0.251 e. The monoisotopic (exact) mass is 409 g/mol. The van der Waals surface area contributed by atoms with Crippen LogP contribution in [0.3, 0.4) is 0 Å². The molecule has 0 saturated carbocycles. The lowest BCUT2D eigenvalue weighted by molar-refractivity contribution is 0.0963. The predicted octanol–water partition coefficient (Wildman–Crippen LogP) is 2.80. The Balaban J connectivity index is 1.88. The Morgan fingerprint density at radius 2 is 1.73 bits per heavy atom. The third kappa shape index (κ3) is 7.19. The summed E-state index contributed by atoms with van der Waals surface area (Å²) < 4.78 is 0. The molecule has 0 aliphatic heterocycles. The normalized spacial score (nSPS) is 11.4. The third-order valence-corrected chi connectivity index (χ3v) is 5.20. The number of nitrogens with one attached hydrogen (secondary N) is 3. The van der Waals surface area contributed by atoms with E-state index in [2.05, 4.69) is 64.0 Å². The van der Waals surface area contributed by atoms with Crippen molar-refractivity contribution in [3.63, 3.8) is 0 Å². The van der Waals surface area contributed by atoms with E-state index in [1.54, 1.807) is 14.1 Å². The molecule has 6 nitrogen and oxygen atoms in total. The van der Waals surface area contributed by atoms with Crippen molar-refractivity contribution in [2.45, 2.75) is 33.4 Å². The molecule has 0 atom stereocenters. The fraction of sp³-hybridized carbons (Fsp3) is 0.417. The molecule has 0 aromatic heterocycles. The lowest BCUT2D eigenvalue weighted by Gasteiger charge is -2.20. The fourth-order valence-corrected chi connectivity index (χ4v) is 3.31. The Morgan fingerprint density at radius 3 is 2.40 bits per heavy atom. The van der Waals surface area contributed by atoms with Crippen molar-refractivity contribution >= 4 is 11.9 Å². The van der Waals surface area contributed by atoms with Crippen LogP contribution < -0.4 is 16.0 Å². The lowest BCUT2D eigenvalue weighted by atomic mass is 10.1. The molecule has 2 rings (SSSR count). The molecule has 6 heteroatoms. The minimum Gasteiger partial charge on any atom is -0.356 e. The second-order valence-electron chi connectivity index (χ2n) is 7.11. The summed E-state index contributed by atoms with van der Waals surface area (Å²) in [6.07, 6.45) is 0.810. The molecule has 0 fully saturated rings. The third-order valence-electron chi connectivity index (χ3n) is 5.20. The molecule has 0 spiro atoms. The smallest absolute Gasteiger partial charge is 0.251 e. The summed E-state index contributed by atoms with van der Waals surface area (Å²) in [7, 11) is 3.43. The van der Waals surface area contributed by atoms with Crippen LogP contribution in [-0.2, 0) is 19.5 Å². The predicted molar refractivity (Wildman–Crippen MR) is 125 cm³/mol. The van der Waals surface area contributed by atoms with E-state index in [0.717, 1.165) is 50.7 Å². The van der Waals surface area contributed by atoms with Crippen LogP contribution in [0.2, 0.25) is 0 Å². The minimum atomic E-state index is -0.0642. The summed E-state index contributed by atoms with van der Waals surface area (Å²) in [4.78, 5) is 18.5. The number of carbonyl (C=O) groups is 1. The van der Waals surface area contributed by atoms with Gasteiger partial charge in [-0.3, -0.25) is 14.7 Å². The van der Waals surface area contributed by atoms with E-state index < -0.39 is 0 Å². The standard InChI is InChI=1S/C24H35N5O/c1-5-29(6-2)18-22-12-8-7-11-21(22)17-28-24(26-4)27-15-14-19-10-9-13-20(16-19)23(30)25-3/h7-13,16H,5-6,14-15,17-18H2,1-4H3,(H,25,30)(H2,26,27,28). The Bertz CT molecular complexity index is 830. The van der Waals surface area contributed by atoms with E-state index in [1.165, 1.54) is 11.1 Å². The quantitative estimate of drug-likeness (QED) is 0.417. The zero-order valence-electron chi connectivity index (χ0n) is 18.7. The first kappa shape index (κ1) is 23.4. The van der Waals surface area contributed by atoms with Crippen LogP contribution in [0, 0.1) is 0 Å². The molecule has 0 bridgehead atoms. The molecule has 0 heterocycles. The van der Waals surface area contributed by atoms with Crippen molar-refractivity contribution in [3.05, 3.63) is 70.8 Å². The van der Waals surface area contributed by atoms with Crippen molar-refractivity contribution < 1.29 is 4.79 Å². The van der Waals surface area contributed by atoms with Crippen molar-refractivity contribution in [2.24, 2.45) is 4.99 Å². The maximum atomic E-state index is 11.8. The molecule has 0 radical (unpaired) electrons. The van der Waals surface area contributed by atoms with Gasteiger partial charge in [-0.25, -0.2) is 0 Å². The van der Waals surface area contributed by atoms with Gasteiger partial charge in [-0.05, 0) is 48.3 Å². The largest absolute Gasteiger partial charge is 0.356 e. The van der Waals surface area contributed by atoms with Gasteiger partial charge in [-0.2, -0.15) is 0 Å². The molecule has 162 valence electrons. The van der Waals surface area contributed by atoms with E-state index in [9.17, 15) is 4.79 Å². The van der Waals surface area contributed by atoms with Gasteiger partial charge < -0.3 is 16.0 Å². The molecule has 30 heavy (non-hydrogen) atoms. The van der Waals surface area contributed by atoms with Gasteiger partial charge in [0.25, 0.3) is 5.91 Å². The van der Waals surface area contributed by atoms with Crippen molar-refractivity contribution in [1.82, 2.24) is 20.9 Å². The van der Waals surface area contributed by atoms with Crippen molar-refractivity contribution in [1.29, 1.82) is 0 Å². The van der Waals surface area contributed by atoms with Crippen LogP contribution in [0.5, 0.6) is 0 Å². The van der Waals surface area contributed by atoms with Gasteiger partial charge in [-0.1, -0.05) is 50.2 Å². The molecule has 0 aliphatic rings. The molecular weight excluding hydrogens is 374 g/mol. The number of hydrogen-bond donors (Lipinski definition) is 3. The Hall–Kier alpha value is -2.86. The zero-order chi connectivity index (χ0) is 21.8. The second kappa shape index (κ2) is 12.6. The fourth-order valence-electron chi connectivity index (χ4n) is 3.31. The number of hydrogen-bond acceptors (Lipinski definition) is 3. The van der Waals surface area contributed by atoms with Crippen LogP contribution in [0.15, 0.2) is 53.5 Å². The van der Waals surface area contributed by atoms with Gasteiger partial charge in [0.2, 0.25) is 0 Å². The van der Waals surface area contributed by atoms with Crippen LogP contribution in [0.4, 0.5) is 0 Å². The SMILES string of the molecule is CCN(CC)Cc1ccccc1CNC(=NC)NCCc1cccc(C(=O)NC)c1. The summed E-state index contributed by atoms with van der Waals surface area (Å²) in [5.74, 6) is 0.709. The van der Waals surface area contributed by atoms with E-state index >= 15 is 0 Å². The molecule has 0 saturated heterocycles. The van der Waals surface area contributed by atoms with E-state index in [0.29, 0.717) is 5.56 Å². The second-order valence-corrected chi connectivity index (χ2v) is 7.11. The van der Waals surface area contributed by atoms with Gasteiger partial charge in [0, 0.05) is 39.3 Å². The highest BCUT2D eigenvalue weighted by Crippen LogP contribution is 2.12. The zero-order valence-corrected chi connectivity index (χ0v) is 18.7. The maximum absolute atomic E-state index is 11.8. The average molecular weight is 410 g/mol. The van der Waals surface area contributed by atoms with E-state index in [4.69, 9.17) is 0 Å². The summed E-state index contributed by atoms with van der Waals surface area (Å²) in [6.45, 7) is 8.89. The molecule has 0 unspecified atom stereocenters. The molecule has 2 aromatic carbocycles. The number of amides is 1. The Labute approximate surface area is 180 Å². The highest BCUT2D eigenvalue weighted by atomic mass is 16.1. The van der Waals surface area contributed by atoms with Gasteiger partial charge in [0.15, 0.2) is 5.96 Å². The summed E-state index contributed by atoms with van der Waals surface area (Å²) >= 11 is 0. The average Bonchev–Trinajstić information content (AvgIpc) is 2.79. The van der Waals surface area contributed by atoms with E-state index in [1.807, 2.05) is 24.3 Å². The van der Waals surface area contributed by atoms with Crippen LogP contribution in [-0.4, -0.2) is 50.5 Å². The first-order valence-corrected chi connectivity index (χ1v) is 10.7. The molecule has 3 N–H and O–H groups in total. The highest BCUT2D eigenvalue weighted by Gasteiger charge is 2.07. The number of nitrogens with zero attached hydrogens (tertiary/aromatic N) is 2. The van der Waals surface area contributed by atoms with Gasteiger partial charge in [0.1, 0.15) is 0 Å². The van der Waals surface area contributed by atoms with Crippen molar-refractivity contribution in [3.8, 4) is 0 Å². The van der Waals surface area contributed by atoms with E-state index in [-0.39, 0.29) is 5.91 Å². The Kier molecular flexibility index (Phi) is 9.87. The molecule has 2 aromatic rings. The Morgan fingerprint density at radius 1 is 1.00 bits per heavy atom. The summed E-state index contributed by atoms with van der Waals surface area (Å²) in [5, 5.41) is 9.44. The number of carbonyl (C=O) groups excluding carboxylic acids is 1. The van der Waals surface area contributed by atoms with Crippen LogP contribution in [0.1, 0.15) is 40.9 Å². The van der Waals surface area contributed by atoms with Crippen LogP contribution in [0.25, 0.3) is 0 Å². The molecule has 0 aliphatic carbocycles. The molecule has 1 amide bonds. The number of aliphatic imine (C=N–C) groups is 1. The molecular formula is C24H35N5O. The summed E-state index contributed by atoms with van der Waals surface area (Å²) in [6, 6.07) is 16.3. The highest BCUT2D eigenvalue weighted by molar-refractivity contribution is 5.94. The summed E-state index contributed by atoms with van der Waals surface area (Å²) in [5.41, 5.74) is 4.42. The van der Waals surface area contributed by atoms with Crippen molar-refractivity contribution in [2.75, 3.05) is 33.7 Å². The number of rotatable bonds is 10. The van der Waals surface area contributed by atoms with Gasteiger partial charge in [0.05, 0.1) is 0 Å². The minimum absolute atomic E-state index is 0.0642. The first-order chi connectivity index (χ1) is 14.6. The van der Waals surface area contributed by atoms with Gasteiger partial charge in [-0.15, -0.1) is 0 Å². The first-order valence-electron chi connectivity index (χ1n) is 10.7. The van der Waals surface area contributed by atoms with Crippen LogP contribution >= 0.6 is 0 Å². The number of benzene rings is 2. The number of guanidine groups is 1. The lowest BCUT2D eigenvalue weighted by Crippen LogP contribution is -2.38. The topological polar surface area (TPSA) is 68.8 Å².